The first-order valence-electron chi connectivity index (χ1n) is 25.1. The lowest BCUT2D eigenvalue weighted by Gasteiger charge is -2.41. The number of nitrogens with zero attached hydrogens (tertiary/aromatic N) is 8. The van der Waals surface area contributed by atoms with Gasteiger partial charge in [-0.2, -0.15) is 0 Å². The summed E-state index contributed by atoms with van der Waals surface area (Å²) in [5, 5.41) is 3.56. The van der Waals surface area contributed by atoms with E-state index in [0.717, 1.165) is 142 Å². The van der Waals surface area contributed by atoms with Crippen LogP contribution < -0.4 is 16.7 Å². The number of benzene rings is 2. The normalized spacial score (nSPS) is 22.6. The van der Waals surface area contributed by atoms with Gasteiger partial charge in [-0.15, -0.1) is 0 Å². The van der Waals surface area contributed by atoms with Gasteiger partial charge in [-0.3, -0.25) is 33.7 Å². The Morgan fingerprint density at radius 3 is 2.29 bits per heavy atom. The zero-order valence-electron chi connectivity index (χ0n) is 39.5. The van der Waals surface area contributed by atoms with E-state index in [1.54, 1.807) is 4.57 Å². The first-order valence-corrected chi connectivity index (χ1v) is 25.1. The molecule has 11 rings (SSSR count). The first-order chi connectivity index (χ1) is 33.0. The van der Waals surface area contributed by atoms with Crippen molar-refractivity contribution in [2.75, 3.05) is 45.0 Å². The van der Waals surface area contributed by atoms with Gasteiger partial charge in [-0.05, 0) is 174 Å². The third-order valence-electron chi connectivity index (χ3n) is 16.2. The average molecular weight is 917 g/mol. The maximum absolute atomic E-state index is 13.8. The van der Waals surface area contributed by atoms with Crippen LogP contribution in [0, 0.1) is 11.8 Å². The van der Waals surface area contributed by atoms with Crippen molar-refractivity contribution in [3.8, 4) is 11.1 Å². The minimum absolute atomic E-state index is 0.138. The number of pyridine rings is 2. The lowest BCUT2D eigenvalue weighted by molar-refractivity contribution is -0.135. The molecule has 2 aromatic carbocycles. The van der Waals surface area contributed by atoms with Crippen molar-refractivity contribution in [3.63, 3.8) is 0 Å². The zero-order chi connectivity index (χ0) is 46.6. The van der Waals surface area contributed by atoms with Crippen LogP contribution >= 0.6 is 0 Å². The summed E-state index contributed by atoms with van der Waals surface area (Å²) < 4.78 is 5.75. The molecule has 1 saturated carbocycles. The van der Waals surface area contributed by atoms with E-state index in [1.807, 2.05) is 35.2 Å². The largest absolute Gasteiger partial charge is 0.384 e. The molecule has 3 atom stereocenters. The van der Waals surface area contributed by atoms with Crippen molar-refractivity contribution in [2.45, 2.75) is 108 Å². The summed E-state index contributed by atoms with van der Waals surface area (Å²) in [5.41, 5.74) is 15.1. The number of likely N-dealkylation sites (tertiary alicyclic amines) is 3. The molecule has 14 nitrogen and oxygen atoms in total. The fourth-order valence-corrected chi connectivity index (χ4v) is 12.1. The van der Waals surface area contributed by atoms with Crippen LogP contribution in [0.1, 0.15) is 116 Å². The molecular weight excluding hydrogens is 853 g/mol. The van der Waals surface area contributed by atoms with E-state index >= 15 is 0 Å². The third-order valence-corrected chi connectivity index (χ3v) is 16.2. The van der Waals surface area contributed by atoms with E-state index < -0.39 is 6.04 Å². The smallest absolute Gasteiger partial charge is 0.330 e. The molecule has 1 unspecified atom stereocenters. The number of carbonyl (C=O) groups is 3. The summed E-state index contributed by atoms with van der Waals surface area (Å²) >= 11 is 0. The van der Waals surface area contributed by atoms with Crippen LogP contribution in [0.5, 0.6) is 0 Å². The number of hydrogen-bond acceptors (Lipinski definition) is 9. The van der Waals surface area contributed by atoms with Crippen LogP contribution in [0.3, 0.4) is 0 Å². The minimum Gasteiger partial charge on any atom is -0.384 e. The van der Waals surface area contributed by atoms with Crippen LogP contribution in [-0.4, -0.2) is 101 Å². The maximum atomic E-state index is 13.8. The van der Waals surface area contributed by atoms with Crippen molar-refractivity contribution in [2.24, 2.45) is 18.9 Å². The molecule has 5 fully saturated rings. The molecule has 6 aromatic rings. The highest BCUT2D eigenvalue weighted by molar-refractivity contribution is 6.00. The van der Waals surface area contributed by atoms with Crippen molar-refractivity contribution in [1.82, 2.24) is 43.7 Å². The second-order valence-corrected chi connectivity index (χ2v) is 20.7. The highest BCUT2D eigenvalue weighted by Gasteiger charge is 2.36. The van der Waals surface area contributed by atoms with Crippen LogP contribution in [0.4, 0.5) is 5.82 Å². The lowest BCUT2D eigenvalue weighted by atomic mass is 9.85. The van der Waals surface area contributed by atoms with Gasteiger partial charge in [0.05, 0.1) is 11.0 Å². The number of hydrogen-bond donors (Lipinski definition) is 2. The van der Waals surface area contributed by atoms with Gasteiger partial charge in [0, 0.05) is 86.3 Å². The van der Waals surface area contributed by atoms with Gasteiger partial charge in [0.2, 0.25) is 11.8 Å². The highest BCUT2D eigenvalue weighted by Crippen LogP contribution is 2.39. The standard InChI is InChI=1S/C54H64N10O4/c1-34-27-37(28-36-3-11-46-48(29-36)63(42-9-10-42)54(68)64(46)47-12-14-50(65)58-52(47)66)18-26-62(34)32-35-16-24-61(25-17-35)53(67)40-6-4-38(5-7-40)39-19-22-60(23-20-39)33-43-30-45-44(15-21-56-51(45)59(43)2)41-8-13-49(55)57-31-41/h3-8,11,13,15,21,29-31,34-35,37,39,42,47H,9-10,12,14,16-20,22-28,32-33H2,1-2H3,(H2,55,57)(H,58,65,66)/t34-,37-,47?/m0/s1. The molecule has 4 aliphatic heterocycles. The number of aromatic nitrogens is 5. The molecule has 0 spiro atoms. The van der Waals surface area contributed by atoms with Crippen LogP contribution in [0.25, 0.3) is 33.2 Å². The minimum atomic E-state index is -0.659. The maximum Gasteiger partial charge on any atom is 0.330 e. The highest BCUT2D eigenvalue weighted by atomic mass is 16.2. The Morgan fingerprint density at radius 1 is 0.794 bits per heavy atom. The molecular formula is C54H64N10O4. The molecule has 3 N–H and O–H groups in total. The van der Waals surface area contributed by atoms with E-state index in [9.17, 15) is 19.2 Å². The van der Waals surface area contributed by atoms with Gasteiger partial charge in [0.25, 0.3) is 5.91 Å². The van der Waals surface area contributed by atoms with Crippen molar-refractivity contribution >= 4 is 45.6 Å². The molecule has 4 saturated heterocycles. The summed E-state index contributed by atoms with van der Waals surface area (Å²) in [7, 11) is 2.11. The van der Waals surface area contributed by atoms with E-state index in [4.69, 9.17) is 10.7 Å². The quantitative estimate of drug-likeness (QED) is 0.128. The van der Waals surface area contributed by atoms with Gasteiger partial charge >= 0.3 is 5.69 Å². The number of nitrogen functional groups attached to an aromatic ring is 1. The SMILES string of the molecule is C[C@H]1C[C@@H](Cc2ccc3c(c2)n(C2CC2)c(=O)n3C2CCC(=O)NC2=O)CCN1CC1CCN(C(=O)c2ccc(C3CCN(Cc4cc5c(-c6ccc(N)nc6)ccnc5n4C)CC3)cc2)CC1. The molecule has 68 heavy (non-hydrogen) atoms. The molecule has 0 radical (unpaired) electrons. The molecule has 354 valence electrons. The molecule has 14 heteroatoms. The number of fused-ring (bicyclic) bond motifs is 2. The van der Waals surface area contributed by atoms with E-state index in [-0.39, 0.29) is 35.9 Å². The third kappa shape index (κ3) is 8.77. The van der Waals surface area contributed by atoms with Crippen LogP contribution in [0.15, 0.2) is 83.9 Å². The van der Waals surface area contributed by atoms with Crippen LogP contribution in [0.2, 0.25) is 0 Å². The summed E-state index contributed by atoms with van der Waals surface area (Å²) in [5.74, 6) is 1.64. The molecule has 8 heterocycles. The number of aryl methyl sites for hydroxylation is 1. The van der Waals surface area contributed by atoms with E-state index in [1.165, 1.54) is 16.8 Å². The number of rotatable bonds is 11. The van der Waals surface area contributed by atoms with Gasteiger partial charge in [0.15, 0.2) is 0 Å². The van der Waals surface area contributed by atoms with E-state index in [0.29, 0.717) is 36.0 Å². The van der Waals surface area contributed by atoms with Crippen molar-refractivity contribution in [3.05, 3.63) is 112 Å². The fourth-order valence-electron chi connectivity index (χ4n) is 12.1. The molecule has 4 aromatic heterocycles. The van der Waals surface area contributed by atoms with Crippen molar-refractivity contribution < 1.29 is 14.4 Å². The Hall–Kier alpha value is -6.12. The number of nitrogens with two attached hydrogens (primary N) is 1. The number of imide groups is 1. The summed E-state index contributed by atoms with van der Waals surface area (Å²) in [4.78, 5) is 68.5. The van der Waals surface area contributed by atoms with E-state index in [2.05, 4.69) is 92.1 Å². The monoisotopic (exact) mass is 917 g/mol. The Balaban J connectivity index is 0.639. The predicted molar refractivity (Wildman–Crippen MR) is 264 cm³/mol. The Labute approximate surface area is 397 Å². The number of piperidine rings is 4. The van der Waals surface area contributed by atoms with Gasteiger partial charge in [-0.25, -0.2) is 14.8 Å². The molecule has 5 aliphatic rings. The lowest BCUT2D eigenvalue weighted by Crippen LogP contribution is -2.46. The van der Waals surface area contributed by atoms with Gasteiger partial charge in [0.1, 0.15) is 17.5 Å². The Morgan fingerprint density at radius 2 is 1.57 bits per heavy atom. The number of anilines is 1. The second-order valence-electron chi connectivity index (χ2n) is 20.7. The summed E-state index contributed by atoms with van der Waals surface area (Å²) in [6.45, 7) is 9.06. The first kappa shape index (κ1) is 44.4. The average Bonchev–Trinajstić information content (AvgIpc) is 4.08. The number of imidazole rings is 1. The molecule has 0 bridgehead atoms. The summed E-state index contributed by atoms with van der Waals surface area (Å²) in [6.07, 6.45) is 13.7. The topological polar surface area (TPSA) is 157 Å². The number of amides is 3. The fraction of sp³-hybridized carbons (Fsp3) is 0.481. The van der Waals surface area contributed by atoms with Gasteiger partial charge in [-0.1, -0.05) is 18.2 Å². The van der Waals surface area contributed by atoms with Crippen molar-refractivity contribution in [1.29, 1.82) is 0 Å². The molecule has 1 aliphatic carbocycles. The summed E-state index contributed by atoms with van der Waals surface area (Å²) in [6, 6.07) is 23.0. The number of nitrogens with one attached hydrogen (secondary N) is 1. The Kier molecular flexibility index (Phi) is 12.0. The zero-order valence-corrected chi connectivity index (χ0v) is 39.5. The number of carbonyl (C=O) groups excluding carboxylic acids is 3. The van der Waals surface area contributed by atoms with Crippen LogP contribution in [-0.2, 0) is 29.6 Å². The second kappa shape index (κ2) is 18.4. The van der Waals surface area contributed by atoms with Gasteiger partial charge < -0.3 is 20.1 Å². The molecule has 3 amide bonds. The predicted octanol–water partition coefficient (Wildman–Crippen LogP) is 7.22. The Bertz CT molecular complexity index is 2920.